The SMILES string of the molecule is CCCCCCC/C=C\C/C=C\CCCCCCCCCCCCCC(=O)OC(COCCCCCCCC/C=C\CCCCCCC)COC1OC(COC2OC(CO)C(O)C(O)C2O)C(O)C(O)C1O. The molecular weight excluding hydrogens is 921 g/mol. The van der Waals surface area contributed by atoms with Crippen LogP contribution in [0, 0.1) is 0 Å². The van der Waals surface area contributed by atoms with Gasteiger partial charge in [-0.15, -0.1) is 0 Å². The van der Waals surface area contributed by atoms with Crippen LogP contribution in [-0.4, -0.2) is 142 Å². The van der Waals surface area contributed by atoms with E-state index in [9.17, 15) is 40.5 Å². The van der Waals surface area contributed by atoms with Crippen molar-refractivity contribution in [3.8, 4) is 0 Å². The van der Waals surface area contributed by atoms with Crippen LogP contribution in [0.15, 0.2) is 36.5 Å². The summed E-state index contributed by atoms with van der Waals surface area (Å²) in [6, 6.07) is 0. The number of esters is 1. The van der Waals surface area contributed by atoms with Gasteiger partial charge in [-0.1, -0.05) is 185 Å². The van der Waals surface area contributed by atoms with Crippen LogP contribution in [0.5, 0.6) is 0 Å². The van der Waals surface area contributed by atoms with Crippen LogP contribution in [0.25, 0.3) is 0 Å². The molecule has 2 aliphatic rings. The molecule has 0 aliphatic carbocycles. The largest absolute Gasteiger partial charge is 0.457 e. The molecule has 422 valence electrons. The second kappa shape index (κ2) is 45.4. The van der Waals surface area contributed by atoms with Crippen molar-refractivity contribution in [3.05, 3.63) is 36.5 Å². The van der Waals surface area contributed by atoms with E-state index >= 15 is 0 Å². The quantitative estimate of drug-likeness (QED) is 0.0172. The second-order valence-electron chi connectivity index (χ2n) is 20.5. The molecule has 0 amide bonds. The molecule has 0 aromatic carbocycles. The van der Waals surface area contributed by atoms with Crippen LogP contribution in [-0.2, 0) is 33.2 Å². The molecule has 0 saturated carbocycles. The van der Waals surface area contributed by atoms with Gasteiger partial charge in [-0.3, -0.25) is 4.79 Å². The second-order valence-corrected chi connectivity index (χ2v) is 20.5. The Morgan fingerprint density at radius 3 is 1.35 bits per heavy atom. The number of hydrogen-bond donors (Lipinski definition) is 7. The Morgan fingerprint density at radius 2 is 0.861 bits per heavy atom. The third-order valence-corrected chi connectivity index (χ3v) is 13.9. The van der Waals surface area contributed by atoms with Crippen LogP contribution < -0.4 is 0 Å². The summed E-state index contributed by atoms with van der Waals surface area (Å²) in [7, 11) is 0. The number of ether oxygens (including phenoxy) is 6. The fourth-order valence-corrected chi connectivity index (χ4v) is 9.13. The lowest BCUT2D eigenvalue weighted by Crippen LogP contribution is -2.61. The summed E-state index contributed by atoms with van der Waals surface area (Å²) >= 11 is 0. The number of carbonyl (C=O) groups is 1. The predicted molar refractivity (Wildman–Crippen MR) is 284 cm³/mol. The highest BCUT2D eigenvalue weighted by Crippen LogP contribution is 2.27. The van der Waals surface area contributed by atoms with Crippen molar-refractivity contribution < 1.29 is 69.0 Å². The van der Waals surface area contributed by atoms with Gasteiger partial charge < -0.3 is 64.2 Å². The number of unbranched alkanes of at least 4 members (excludes halogenated alkanes) is 27. The lowest BCUT2D eigenvalue weighted by atomic mass is 9.98. The Kier molecular flexibility index (Phi) is 41.8. The van der Waals surface area contributed by atoms with E-state index in [1.54, 1.807) is 0 Å². The van der Waals surface area contributed by atoms with Gasteiger partial charge in [0.2, 0.25) is 0 Å². The average molecular weight is 1030 g/mol. The molecule has 0 bridgehead atoms. The molecule has 2 aliphatic heterocycles. The first-order valence-electron chi connectivity index (χ1n) is 29.1. The van der Waals surface area contributed by atoms with Crippen LogP contribution in [0.1, 0.15) is 226 Å². The maximum atomic E-state index is 13.1. The van der Waals surface area contributed by atoms with Gasteiger partial charge in [0.25, 0.3) is 0 Å². The zero-order valence-corrected chi connectivity index (χ0v) is 45.2. The van der Waals surface area contributed by atoms with E-state index in [1.165, 1.54) is 148 Å². The van der Waals surface area contributed by atoms with Crippen molar-refractivity contribution in [2.24, 2.45) is 0 Å². The highest BCUT2D eigenvalue weighted by molar-refractivity contribution is 5.69. The third-order valence-electron chi connectivity index (χ3n) is 13.9. The molecule has 14 nitrogen and oxygen atoms in total. The Morgan fingerprint density at radius 1 is 0.458 bits per heavy atom. The van der Waals surface area contributed by atoms with Gasteiger partial charge in [-0.25, -0.2) is 0 Å². The maximum Gasteiger partial charge on any atom is 0.306 e. The molecular formula is C58H106O14. The molecule has 2 heterocycles. The van der Waals surface area contributed by atoms with Gasteiger partial charge in [0.15, 0.2) is 12.6 Å². The minimum absolute atomic E-state index is 0.0581. The smallest absolute Gasteiger partial charge is 0.306 e. The maximum absolute atomic E-state index is 13.1. The number of allylic oxidation sites excluding steroid dienone is 6. The minimum atomic E-state index is -1.71. The first-order chi connectivity index (χ1) is 35.1. The van der Waals surface area contributed by atoms with E-state index in [-0.39, 0.29) is 25.6 Å². The van der Waals surface area contributed by atoms with E-state index in [1.807, 2.05) is 0 Å². The van der Waals surface area contributed by atoms with Crippen molar-refractivity contribution in [2.75, 3.05) is 33.0 Å². The van der Waals surface area contributed by atoms with Gasteiger partial charge in [-0.2, -0.15) is 0 Å². The number of carbonyl (C=O) groups excluding carboxylic acids is 1. The van der Waals surface area contributed by atoms with E-state index in [0.717, 1.165) is 51.4 Å². The Hall–Kier alpha value is -1.79. The summed E-state index contributed by atoms with van der Waals surface area (Å²) in [4.78, 5) is 13.1. The Bertz CT molecular complexity index is 1330. The number of hydrogen-bond acceptors (Lipinski definition) is 14. The first kappa shape index (κ1) is 66.3. The predicted octanol–water partition coefficient (Wildman–Crippen LogP) is 10.1. The number of aliphatic hydroxyl groups is 7. The van der Waals surface area contributed by atoms with Crippen molar-refractivity contribution in [3.63, 3.8) is 0 Å². The molecule has 2 rings (SSSR count). The monoisotopic (exact) mass is 1030 g/mol. The normalized spacial score (nSPS) is 25.3. The van der Waals surface area contributed by atoms with Crippen molar-refractivity contribution in [1.29, 1.82) is 0 Å². The average Bonchev–Trinajstić information content (AvgIpc) is 3.38. The van der Waals surface area contributed by atoms with Gasteiger partial charge >= 0.3 is 5.97 Å². The van der Waals surface area contributed by atoms with Crippen LogP contribution >= 0.6 is 0 Å². The van der Waals surface area contributed by atoms with E-state index < -0.39 is 80.7 Å². The van der Waals surface area contributed by atoms with Gasteiger partial charge in [0, 0.05) is 13.0 Å². The summed E-state index contributed by atoms with van der Waals surface area (Å²) < 4.78 is 34.4. The molecule has 72 heavy (non-hydrogen) atoms. The van der Waals surface area contributed by atoms with Crippen molar-refractivity contribution in [2.45, 2.75) is 293 Å². The zero-order valence-electron chi connectivity index (χ0n) is 45.2. The van der Waals surface area contributed by atoms with Gasteiger partial charge in [0.1, 0.15) is 54.9 Å². The molecule has 0 radical (unpaired) electrons. The Labute approximate surface area is 436 Å². The summed E-state index contributed by atoms with van der Waals surface area (Å²) in [5.74, 6) is -0.379. The van der Waals surface area contributed by atoms with E-state index in [0.29, 0.717) is 13.0 Å². The van der Waals surface area contributed by atoms with Gasteiger partial charge in [0.05, 0.1) is 26.4 Å². The van der Waals surface area contributed by atoms with Gasteiger partial charge in [-0.05, 0) is 70.6 Å². The zero-order chi connectivity index (χ0) is 52.3. The number of rotatable bonds is 47. The lowest BCUT2D eigenvalue weighted by Gasteiger charge is -2.42. The summed E-state index contributed by atoms with van der Waals surface area (Å²) in [5.41, 5.74) is 0. The molecule has 2 saturated heterocycles. The van der Waals surface area contributed by atoms with E-state index in [4.69, 9.17) is 28.4 Å². The van der Waals surface area contributed by atoms with E-state index in [2.05, 4.69) is 50.3 Å². The van der Waals surface area contributed by atoms with Crippen LogP contribution in [0.4, 0.5) is 0 Å². The molecule has 0 aromatic heterocycles. The third kappa shape index (κ3) is 31.9. The summed E-state index contributed by atoms with van der Waals surface area (Å²) in [6.07, 6.45) is 36.3. The molecule has 2 fully saturated rings. The minimum Gasteiger partial charge on any atom is -0.457 e. The molecule has 11 unspecified atom stereocenters. The fraction of sp³-hybridized carbons (Fsp3) is 0.879. The highest BCUT2D eigenvalue weighted by Gasteiger charge is 2.47. The molecule has 0 aromatic rings. The molecule has 0 spiro atoms. The topological polar surface area (TPSA) is 214 Å². The first-order valence-corrected chi connectivity index (χ1v) is 29.1. The highest BCUT2D eigenvalue weighted by atomic mass is 16.7. The number of aliphatic hydroxyl groups excluding tert-OH is 7. The molecule has 14 heteroatoms. The lowest BCUT2D eigenvalue weighted by molar-refractivity contribution is -0.332. The van der Waals surface area contributed by atoms with Crippen molar-refractivity contribution >= 4 is 5.97 Å². The standard InChI is InChI=1S/C58H106O14/c1-3-5-7-9-11-13-15-17-19-20-21-22-23-24-25-26-27-29-31-33-35-37-39-41-50(60)70-47(44-67-42-40-38-36-34-32-30-28-18-16-14-12-10-8-6-4-2)45-68-57-56(66)54(64)52(62)49(72-57)46-69-58-55(65)53(63)51(61)48(43-59)71-58/h15-18,20-21,47-49,51-59,61-66H,3-14,19,22-46H2,1-2H3/b17-15-,18-16-,21-20-. The van der Waals surface area contributed by atoms with Crippen LogP contribution in [0.2, 0.25) is 0 Å². The summed E-state index contributed by atoms with van der Waals surface area (Å²) in [6.45, 7) is 3.68. The Balaban J connectivity index is 1.70. The summed E-state index contributed by atoms with van der Waals surface area (Å²) in [5, 5.41) is 72.3. The fourth-order valence-electron chi connectivity index (χ4n) is 9.13. The molecule has 11 atom stereocenters. The molecule has 7 N–H and O–H groups in total. The van der Waals surface area contributed by atoms with Crippen molar-refractivity contribution in [1.82, 2.24) is 0 Å². The van der Waals surface area contributed by atoms with Crippen LogP contribution in [0.3, 0.4) is 0 Å².